The second kappa shape index (κ2) is 9.84. The first-order valence-corrected chi connectivity index (χ1v) is 10.3. The van der Waals surface area contributed by atoms with Crippen molar-refractivity contribution in [3.63, 3.8) is 0 Å². The fourth-order valence-corrected chi connectivity index (χ4v) is 3.83. The number of thioether (sulfide) groups is 1. The molecular weight excluding hydrogens is 449 g/mol. The number of amides is 2. The van der Waals surface area contributed by atoms with E-state index in [0.717, 1.165) is 16.7 Å². The van der Waals surface area contributed by atoms with Crippen molar-refractivity contribution < 1.29 is 33.4 Å². The number of carbonyl (C=O) groups is 3. The minimum atomic E-state index is -1.13. The van der Waals surface area contributed by atoms with Crippen LogP contribution in [-0.4, -0.2) is 40.3 Å². The highest BCUT2D eigenvalue weighted by molar-refractivity contribution is 8.18. The predicted octanol–water partition coefficient (Wildman–Crippen LogP) is 4.58. The minimum Gasteiger partial charge on any atom is -0.490 e. The lowest BCUT2D eigenvalue weighted by molar-refractivity contribution is -0.139. The standard InChI is InChI=1S/C21H17ClFNO6S/c1-2-29-17-8-12(6-7-16(17)30-11-19(25)26)9-18-20(27)24(21(28)31-18)10-13-14(22)4-3-5-15(13)23/h3-9H,2,10-11H2,1H3,(H,25,26)/b18-9-. The molecule has 0 spiro atoms. The molecule has 1 N–H and O–H groups in total. The average Bonchev–Trinajstić information content (AvgIpc) is 2.97. The zero-order valence-corrected chi connectivity index (χ0v) is 17.8. The Kier molecular flexibility index (Phi) is 7.19. The van der Waals surface area contributed by atoms with E-state index in [9.17, 15) is 18.8 Å². The van der Waals surface area contributed by atoms with E-state index in [-0.39, 0.29) is 27.8 Å². The molecule has 1 aliphatic heterocycles. The van der Waals surface area contributed by atoms with E-state index in [1.165, 1.54) is 30.3 Å². The number of carbonyl (C=O) groups excluding carboxylic acids is 2. The van der Waals surface area contributed by atoms with Crippen molar-refractivity contribution in [2.75, 3.05) is 13.2 Å². The van der Waals surface area contributed by atoms with Crippen LogP contribution in [0.1, 0.15) is 18.1 Å². The predicted molar refractivity (Wildman–Crippen MR) is 114 cm³/mol. The number of aliphatic carboxylic acids is 1. The zero-order valence-electron chi connectivity index (χ0n) is 16.3. The van der Waals surface area contributed by atoms with Gasteiger partial charge >= 0.3 is 5.97 Å². The smallest absolute Gasteiger partial charge is 0.341 e. The Balaban J connectivity index is 1.83. The first-order valence-electron chi connectivity index (χ1n) is 9.09. The van der Waals surface area contributed by atoms with Gasteiger partial charge in [-0.25, -0.2) is 9.18 Å². The summed E-state index contributed by atoms with van der Waals surface area (Å²) in [6.45, 7) is 1.26. The van der Waals surface area contributed by atoms with Gasteiger partial charge in [-0.05, 0) is 54.6 Å². The van der Waals surface area contributed by atoms with Crippen molar-refractivity contribution >= 4 is 46.6 Å². The van der Waals surface area contributed by atoms with Gasteiger partial charge in [0.2, 0.25) is 0 Å². The molecule has 162 valence electrons. The van der Waals surface area contributed by atoms with Gasteiger partial charge in [-0.15, -0.1) is 0 Å². The molecule has 0 aromatic heterocycles. The Labute approximate surface area is 186 Å². The fraction of sp³-hybridized carbons (Fsp3) is 0.190. The highest BCUT2D eigenvalue weighted by Crippen LogP contribution is 2.36. The summed E-state index contributed by atoms with van der Waals surface area (Å²) in [5, 5.41) is 8.36. The summed E-state index contributed by atoms with van der Waals surface area (Å²) in [4.78, 5) is 36.9. The molecule has 1 fully saturated rings. The van der Waals surface area contributed by atoms with Crippen molar-refractivity contribution in [2.45, 2.75) is 13.5 Å². The van der Waals surface area contributed by atoms with Crippen molar-refractivity contribution in [1.29, 1.82) is 0 Å². The molecule has 31 heavy (non-hydrogen) atoms. The van der Waals surface area contributed by atoms with Crippen LogP contribution in [-0.2, 0) is 16.1 Å². The lowest BCUT2D eigenvalue weighted by Gasteiger charge is -2.14. The molecule has 0 aliphatic carbocycles. The minimum absolute atomic E-state index is 0.0614. The van der Waals surface area contributed by atoms with Crippen LogP contribution in [0.5, 0.6) is 11.5 Å². The summed E-state index contributed by atoms with van der Waals surface area (Å²) >= 11 is 6.73. The first-order chi connectivity index (χ1) is 14.8. The summed E-state index contributed by atoms with van der Waals surface area (Å²) in [5.74, 6) is -1.76. The van der Waals surface area contributed by atoms with Gasteiger partial charge in [-0.1, -0.05) is 23.7 Å². The normalized spacial score (nSPS) is 14.9. The fourth-order valence-electron chi connectivity index (χ4n) is 2.77. The number of hydrogen-bond donors (Lipinski definition) is 1. The van der Waals surface area contributed by atoms with Crippen molar-refractivity contribution in [3.05, 3.63) is 63.3 Å². The number of imide groups is 1. The zero-order chi connectivity index (χ0) is 22.5. The maximum absolute atomic E-state index is 14.1. The third-order valence-electron chi connectivity index (χ3n) is 4.17. The molecule has 2 amide bonds. The van der Waals surface area contributed by atoms with E-state index in [0.29, 0.717) is 17.9 Å². The number of benzene rings is 2. The number of rotatable bonds is 8. The molecule has 1 heterocycles. The highest BCUT2D eigenvalue weighted by atomic mass is 35.5. The van der Waals surface area contributed by atoms with E-state index < -0.39 is 29.5 Å². The van der Waals surface area contributed by atoms with E-state index in [4.69, 9.17) is 26.2 Å². The Morgan fingerprint density at radius 2 is 2.00 bits per heavy atom. The van der Waals surface area contributed by atoms with Gasteiger partial charge in [0.1, 0.15) is 5.82 Å². The van der Waals surface area contributed by atoms with Crippen LogP contribution in [0.15, 0.2) is 41.3 Å². The third-order valence-corrected chi connectivity index (χ3v) is 5.43. The van der Waals surface area contributed by atoms with Crippen LogP contribution < -0.4 is 9.47 Å². The maximum Gasteiger partial charge on any atom is 0.341 e. The molecule has 0 unspecified atom stereocenters. The molecule has 0 bridgehead atoms. The second-order valence-corrected chi connectivity index (χ2v) is 7.69. The largest absolute Gasteiger partial charge is 0.490 e. The Morgan fingerprint density at radius 1 is 1.23 bits per heavy atom. The molecular formula is C21H17ClFNO6S. The Bertz CT molecular complexity index is 1050. The lowest BCUT2D eigenvalue weighted by Crippen LogP contribution is -2.28. The lowest BCUT2D eigenvalue weighted by atomic mass is 10.1. The molecule has 7 nitrogen and oxygen atoms in total. The quantitative estimate of drug-likeness (QED) is 0.570. The Hall–Kier alpha value is -3.04. The van der Waals surface area contributed by atoms with E-state index in [2.05, 4.69) is 0 Å². The number of carboxylic acids is 1. The van der Waals surface area contributed by atoms with Gasteiger partial charge < -0.3 is 14.6 Å². The van der Waals surface area contributed by atoms with Gasteiger partial charge in [0, 0.05) is 10.6 Å². The third kappa shape index (κ3) is 5.36. The highest BCUT2D eigenvalue weighted by Gasteiger charge is 2.36. The summed E-state index contributed by atoms with van der Waals surface area (Å²) in [7, 11) is 0. The number of halogens is 2. The number of nitrogens with zero attached hydrogens (tertiary/aromatic N) is 1. The number of ether oxygens (including phenoxy) is 2. The van der Waals surface area contributed by atoms with Crippen molar-refractivity contribution in [1.82, 2.24) is 4.90 Å². The molecule has 0 radical (unpaired) electrons. The molecule has 1 aliphatic rings. The summed E-state index contributed by atoms with van der Waals surface area (Å²) in [5.41, 5.74) is 0.604. The monoisotopic (exact) mass is 465 g/mol. The summed E-state index contributed by atoms with van der Waals surface area (Å²) < 4.78 is 24.7. The van der Waals surface area contributed by atoms with Gasteiger partial charge in [-0.3, -0.25) is 14.5 Å². The van der Waals surface area contributed by atoms with Gasteiger partial charge in [0.25, 0.3) is 11.1 Å². The van der Waals surface area contributed by atoms with Crippen molar-refractivity contribution in [2.24, 2.45) is 0 Å². The first kappa shape index (κ1) is 22.6. The van der Waals surface area contributed by atoms with Crippen molar-refractivity contribution in [3.8, 4) is 11.5 Å². The molecule has 0 saturated carbocycles. The van der Waals surface area contributed by atoms with Crippen LogP contribution in [0.2, 0.25) is 5.02 Å². The SMILES string of the molecule is CCOc1cc(/C=C2\SC(=O)N(Cc3c(F)cccc3Cl)C2=O)ccc1OCC(=O)O. The van der Waals surface area contributed by atoms with Crippen LogP contribution in [0.3, 0.4) is 0 Å². The second-order valence-electron chi connectivity index (χ2n) is 6.29. The number of carboxylic acid groups (broad SMARTS) is 1. The van der Waals surface area contributed by atoms with Crippen LogP contribution >= 0.6 is 23.4 Å². The molecule has 10 heteroatoms. The molecule has 3 rings (SSSR count). The van der Waals surface area contributed by atoms with Crippen LogP contribution in [0.4, 0.5) is 9.18 Å². The van der Waals surface area contributed by atoms with E-state index in [1.54, 1.807) is 19.1 Å². The summed E-state index contributed by atoms with van der Waals surface area (Å²) in [6, 6.07) is 8.82. The van der Waals surface area contributed by atoms with Crippen LogP contribution in [0, 0.1) is 5.82 Å². The van der Waals surface area contributed by atoms with Gasteiger partial charge in [0.15, 0.2) is 18.1 Å². The topological polar surface area (TPSA) is 93.1 Å². The molecule has 1 saturated heterocycles. The molecule has 2 aromatic rings. The maximum atomic E-state index is 14.1. The molecule has 2 aromatic carbocycles. The average molecular weight is 466 g/mol. The summed E-state index contributed by atoms with van der Waals surface area (Å²) in [6.07, 6.45) is 1.50. The Morgan fingerprint density at radius 3 is 2.68 bits per heavy atom. The van der Waals surface area contributed by atoms with Crippen LogP contribution in [0.25, 0.3) is 6.08 Å². The van der Waals surface area contributed by atoms with E-state index >= 15 is 0 Å². The van der Waals surface area contributed by atoms with Gasteiger partial charge in [0.05, 0.1) is 18.1 Å². The number of hydrogen-bond acceptors (Lipinski definition) is 6. The van der Waals surface area contributed by atoms with Gasteiger partial charge in [-0.2, -0.15) is 0 Å². The van der Waals surface area contributed by atoms with E-state index in [1.807, 2.05) is 0 Å². The molecule has 0 atom stereocenters.